The molecule has 2 atom stereocenters. The van der Waals surface area contributed by atoms with Crippen molar-refractivity contribution in [2.24, 2.45) is 5.92 Å². The quantitative estimate of drug-likeness (QED) is 0.330. The molecule has 0 aromatic heterocycles. The third kappa shape index (κ3) is 5.02. The molecule has 1 aliphatic rings. The molecule has 0 aliphatic heterocycles. The van der Waals surface area contributed by atoms with E-state index in [-0.39, 0.29) is 12.5 Å². The van der Waals surface area contributed by atoms with E-state index in [2.05, 4.69) is 14.1 Å². The van der Waals surface area contributed by atoms with Gasteiger partial charge in [0.2, 0.25) is 0 Å². The molecule has 2 unspecified atom stereocenters. The summed E-state index contributed by atoms with van der Waals surface area (Å²) in [6.45, 7) is -0.190. The Morgan fingerprint density at radius 2 is 2.22 bits per heavy atom. The van der Waals surface area contributed by atoms with Crippen LogP contribution in [0, 0.1) is 5.92 Å². The second kappa shape index (κ2) is 7.19. The van der Waals surface area contributed by atoms with Gasteiger partial charge in [-0.15, -0.1) is 0 Å². The van der Waals surface area contributed by atoms with E-state index in [1.54, 1.807) is 0 Å². The molecule has 0 radical (unpaired) electrons. The van der Waals surface area contributed by atoms with E-state index in [4.69, 9.17) is 0 Å². The lowest BCUT2D eigenvalue weighted by atomic mass is 9.88. The molecule has 0 aromatic rings. The van der Waals surface area contributed by atoms with Crippen LogP contribution in [0.2, 0.25) is 0 Å². The summed E-state index contributed by atoms with van der Waals surface area (Å²) in [6, 6.07) is 0. The molecule has 0 amide bonds. The molecule has 1 fully saturated rings. The first-order chi connectivity index (χ1) is 8.45. The number of esters is 1. The molecule has 0 spiro atoms. The maximum absolute atomic E-state index is 12.9. The molecule has 18 heavy (non-hydrogen) atoms. The summed E-state index contributed by atoms with van der Waals surface area (Å²) in [5.74, 6) is -1.93. The van der Waals surface area contributed by atoms with Gasteiger partial charge >= 0.3 is 11.2 Å². The van der Waals surface area contributed by atoms with Crippen molar-refractivity contribution >= 4 is 18.0 Å². The molecule has 9 heteroatoms. The van der Waals surface area contributed by atoms with Crippen molar-refractivity contribution in [3.63, 3.8) is 0 Å². The lowest BCUT2D eigenvalue weighted by Crippen LogP contribution is -2.31. The topological polar surface area (TPSA) is 88.1 Å². The van der Waals surface area contributed by atoms with E-state index in [0.717, 1.165) is 6.42 Å². The zero-order chi connectivity index (χ0) is 13.6. The van der Waals surface area contributed by atoms with Crippen LogP contribution in [-0.2, 0) is 18.9 Å². The van der Waals surface area contributed by atoms with Crippen molar-refractivity contribution in [2.45, 2.75) is 37.0 Å². The zero-order valence-corrected chi connectivity index (χ0v) is 10.2. The Morgan fingerprint density at radius 3 is 2.83 bits per heavy atom. The predicted octanol–water partition coefficient (Wildman–Crippen LogP) is 0.545. The zero-order valence-electron chi connectivity index (χ0n) is 9.34. The lowest BCUT2D eigenvalue weighted by molar-refractivity contribution is -0.777. The highest BCUT2D eigenvalue weighted by Crippen LogP contribution is 2.32. The lowest BCUT2D eigenvalue weighted by Gasteiger charge is -2.25. The summed E-state index contributed by atoms with van der Waals surface area (Å²) >= 11 is -0.718. The molecule has 0 saturated heterocycles. The standard InChI is InChI=1S/C9H14F2O6S/c10-9(11,18-17-16-14)8(13)15-5-6-2-1-3-7(12)4-6/h6-7,12,14H,1-5H2/p-1. The minimum absolute atomic E-state index is 0.129. The second-order valence-electron chi connectivity index (χ2n) is 4.02. The van der Waals surface area contributed by atoms with Gasteiger partial charge < -0.3 is 15.1 Å². The summed E-state index contributed by atoms with van der Waals surface area (Å²) in [5.41, 5.74) is 0. The fourth-order valence-corrected chi connectivity index (χ4v) is 2.02. The van der Waals surface area contributed by atoms with Gasteiger partial charge in [0, 0.05) is 0 Å². The molecule has 6 nitrogen and oxygen atoms in total. The molecular weight excluding hydrogens is 274 g/mol. The summed E-state index contributed by atoms with van der Waals surface area (Å²) < 4.78 is 33.7. The molecule has 1 rings (SSSR count). The van der Waals surface area contributed by atoms with Crippen LogP contribution in [0.5, 0.6) is 0 Å². The van der Waals surface area contributed by atoms with Crippen LogP contribution in [-0.4, -0.2) is 29.0 Å². The van der Waals surface area contributed by atoms with Crippen molar-refractivity contribution in [1.29, 1.82) is 0 Å². The number of halogens is 2. The van der Waals surface area contributed by atoms with Crippen molar-refractivity contribution in [2.75, 3.05) is 6.61 Å². The molecular formula is C9H13F2O6S-. The maximum atomic E-state index is 12.9. The average molecular weight is 287 g/mol. The number of aliphatic hydroxyl groups excluding tert-OH is 1. The Hall–Kier alpha value is -0.480. The van der Waals surface area contributed by atoms with E-state index in [1.807, 2.05) is 0 Å². The van der Waals surface area contributed by atoms with Gasteiger partial charge in [0.05, 0.1) is 12.7 Å². The number of ether oxygens (including phenoxy) is 1. The molecule has 106 valence electrons. The van der Waals surface area contributed by atoms with Crippen molar-refractivity contribution in [1.82, 2.24) is 0 Å². The van der Waals surface area contributed by atoms with Crippen LogP contribution in [0.25, 0.3) is 0 Å². The normalized spacial score (nSPS) is 24.9. The highest BCUT2D eigenvalue weighted by molar-refractivity contribution is 7.96. The van der Waals surface area contributed by atoms with E-state index >= 15 is 0 Å². The van der Waals surface area contributed by atoms with Gasteiger partial charge in [-0.05, 0) is 25.2 Å². The Kier molecular flexibility index (Phi) is 6.22. The van der Waals surface area contributed by atoms with Gasteiger partial charge in [-0.25, -0.2) is 4.79 Å². The predicted molar refractivity (Wildman–Crippen MR) is 53.6 cm³/mol. The second-order valence-corrected chi connectivity index (χ2v) is 4.84. The maximum Gasteiger partial charge on any atom is 0.415 e. The largest absolute Gasteiger partial charge is 0.691 e. The number of carbonyl (C=O) groups excluding carboxylic acids is 1. The fourth-order valence-electron chi connectivity index (χ4n) is 1.78. The molecule has 0 heterocycles. The van der Waals surface area contributed by atoms with Gasteiger partial charge in [0.25, 0.3) is 0 Å². The molecule has 1 N–H and O–H groups in total. The van der Waals surface area contributed by atoms with Gasteiger partial charge in [0.15, 0.2) is 0 Å². The molecule has 0 aromatic carbocycles. The Balaban J connectivity index is 2.31. The summed E-state index contributed by atoms with van der Waals surface area (Å²) in [5, 5.41) is 17.5. The first-order valence-electron chi connectivity index (χ1n) is 5.33. The van der Waals surface area contributed by atoms with E-state index < -0.39 is 29.4 Å². The fraction of sp³-hybridized carbons (Fsp3) is 0.889. The summed E-state index contributed by atoms with van der Waals surface area (Å²) in [6.07, 6.45) is 2.09. The number of hydrogen-bond acceptors (Lipinski definition) is 7. The van der Waals surface area contributed by atoms with Gasteiger partial charge in [-0.1, -0.05) is 6.42 Å². The summed E-state index contributed by atoms with van der Waals surface area (Å²) in [7, 11) is 0. The minimum Gasteiger partial charge on any atom is -0.691 e. The van der Waals surface area contributed by atoms with E-state index in [0.29, 0.717) is 19.3 Å². The molecule has 1 saturated carbocycles. The first-order valence-corrected chi connectivity index (χ1v) is 6.07. The van der Waals surface area contributed by atoms with E-state index in [9.17, 15) is 23.9 Å². The molecule has 0 bridgehead atoms. The van der Waals surface area contributed by atoms with Crippen LogP contribution in [0.1, 0.15) is 25.7 Å². The van der Waals surface area contributed by atoms with Crippen LogP contribution in [0.15, 0.2) is 0 Å². The monoisotopic (exact) mass is 287 g/mol. The van der Waals surface area contributed by atoms with Gasteiger partial charge in [-0.3, -0.25) is 5.04 Å². The number of alkyl halides is 2. The van der Waals surface area contributed by atoms with E-state index in [1.165, 1.54) is 0 Å². The average Bonchev–Trinajstić information content (AvgIpc) is 2.33. The number of aliphatic hydroxyl groups is 1. The SMILES string of the molecule is O=C(OCC1CCCC(O)C1)C(F)(F)SOO[O-]. The van der Waals surface area contributed by atoms with Crippen LogP contribution in [0.3, 0.4) is 0 Å². The van der Waals surface area contributed by atoms with Gasteiger partial charge in [0.1, 0.15) is 12.0 Å². The van der Waals surface area contributed by atoms with Crippen LogP contribution < -0.4 is 5.26 Å². The van der Waals surface area contributed by atoms with Crippen molar-refractivity contribution in [3.8, 4) is 0 Å². The number of carbonyl (C=O) groups is 1. The summed E-state index contributed by atoms with van der Waals surface area (Å²) in [4.78, 5) is 11.0. The Bertz CT molecular complexity index is 278. The number of rotatable bonds is 6. The molecule has 1 aliphatic carbocycles. The third-order valence-corrected chi connectivity index (χ3v) is 3.11. The Labute approximate surface area is 106 Å². The minimum atomic E-state index is -4.00. The first kappa shape index (κ1) is 15.6. The van der Waals surface area contributed by atoms with Gasteiger partial charge in [-0.2, -0.15) is 13.1 Å². The smallest absolute Gasteiger partial charge is 0.415 e. The van der Waals surface area contributed by atoms with Crippen LogP contribution >= 0.6 is 12.0 Å². The van der Waals surface area contributed by atoms with Crippen molar-refractivity contribution in [3.05, 3.63) is 0 Å². The van der Waals surface area contributed by atoms with Crippen LogP contribution in [0.4, 0.5) is 8.78 Å². The van der Waals surface area contributed by atoms with Crippen molar-refractivity contribution < 1.29 is 38.0 Å². The number of hydrogen-bond donors (Lipinski definition) is 1. The third-order valence-electron chi connectivity index (χ3n) is 2.61. The highest BCUT2D eigenvalue weighted by Gasteiger charge is 2.44. The Morgan fingerprint density at radius 1 is 1.50 bits per heavy atom. The highest BCUT2D eigenvalue weighted by atomic mass is 32.2.